The second kappa shape index (κ2) is 12.8. The molecule has 240 valence electrons. The van der Waals surface area contributed by atoms with Crippen LogP contribution in [0.4, 0.5) is 10.5 Å². The van der Waals surface area contributed by atoms with Crippen molar-refractivity contribution in [2.24, 2.45) is 0 Å². The summed E-state index contributed by atoms with van der Waals surface area (Å²) in [5.41, 5.74) is 0.216. The molecule has 2 N–H and O–H groups in total. The first kappa shape index (κ1) is 31.6. The van der Waals surface area contributed by atoms with Gasteiger partial charge in [-0.3, -0.25) is 4.90 Å². The predicted octanol–water partition coefficient (Wildman–Crippen LogP) is 4.71. The van der Waals surface area contributed by atoms with E-state index in [1.807, 2.05) is 78.9 Å². The standard InChI is InChI=1S/C35H43NO8Si/c1-33(2,3)45-44-35(24-10-6-4-7-11-24,25-12-8-5-9-13-25)31-34(17-16-28(42-31)21-27(38)22-37)23-36(32(39)43-34)26-14-15-29-30(20-26)41-19-18-40-29/h4-15,20,27-28,31,37-38H,16-19,21-23,45H2,1-3H3. The Morgan fingerprint density at radius 1 is 0.978 bits per heavy atom. The maximum atomic E-state index is 13.9. The molecule has 3 aliphatic heterocycles. The average Bonchev–Trinajstić information content (AvgIpc) is 3.39. The molecule has 2 fully saturated rings. The average molecular weight is 634 g/mol. The fraction of sp³-hybridized carbons (Fsp3) is 0.457. The number of anilines is 1. The van der Waals surface area contributed by atoms with Crippen LogP contribution in [0.3, 0.4) is 0 Å². The summed E-state index contributed by atoms with van der Waals surface area (Å²) in [4.78, 5) is 15.5. The number of amides is 1. The number of hydrogen-bond acceptors (Lipinski definition) is 8. The van der Waals surface area contributed by atoms with Crippen molar-refractivity contribution in [2.75, 3.05) is 31.3 Å². The zero-order valence-electron chi connectivity index (χ0n) is 26.2. The molecule has 0 aliphatic carbocycles. The molecule has 3 aromatic carbocycles. The zero-order chi connectivity index (χ0) is 31.7. The number of benzene rings is 3. The summed E-state index contributed by atoms with van der Waals surface area (Å²) in [6.45, 7) is 7.32. The molecule has 3 heterocycles. The Morgan fingerprint density at radius 2 is 1.62 bits per heavy atom. The normalized spacial score (nSPS) is 24.3. The van der Waals surface area contributed by atoms with Crippen molar-refractivity contribution < 1.29 is 38.4 Å². The minimum absolute atomic E-state index is 0.0628. The van der Waals surface area contributed by atoms with E-state index >= 15 is 0 Å². The molecule has 0 radical (unpaired) electrons. The maximum Gasteiger partial charge on any atom is 0.415 e. The second-order valence-electron chi connectivity index (χ2n) is 13.4. The number of ether oxygens (including phenoxy) is 4. The highest BCUT2D eigenvalue weighted by atomic mass is 28.2. The first-order valence-electron chi connectivity index (χ1n) is 15.7. The molecule has 4 atom stereocenters. The summed E-state index contributed by atoms with van der Waals surface area (Å²) in [5.74, 6) is 1.23. The van der Waals surface area contributed by atoms with Crippen molar-refractivity contribution in [3.63, 3.8) is 0 Å². The van der Waals surface area contributed by atoms with E-state index in [0.717, 1.165) is 11.1 Å². The van der Waals surface area contributed by atoms with E-state index in [1.54, 1.807) is 4.90 Å². The first-order valence-corrected chi connectivity index (χ1v) is 17.0. The van der Waals surface area contributed by atoms with Gasteiger partial charge in [-0.2, -0.15) is 0 Å². The molecule has 1 amide bonds. The molecule has 10 heteroatoms. The molecule has 0 bridgehead atoms. The minimum Gasteiger partial charge on any atom is -0.486 e. The molecular formula is C35H43NO8Si. The minimum atomic E-state index is -1.21. The van der Waals surface area contributed by atoms with Crippen LogP contribution in [0.25, 0.3) is 0 Å². The van der Waals surface area contributed by atoms with Crippen molar-refractivity contribution in [1.29, 1.82) is 0 Å². The van der Waals surface area contributed by atoms with Gasteiger partial charge < -0.3 is 33.6 Å². The topological polar surface area (TPSA) is 107 Å². The van der Waals surface area contributed by atoms with Crippen molar-refractivity contribution >= 4 is 21.5 Å². The highest BCUT2D eigenvalue weighted by Crippen LogP contribution is 2.52. The lowest BCUT2D eigenvalue weighted by Gasteiger charge is -2.52. The summed E-state index contributed by atoms with van der Waals surface area (Å²) in [6.07, 6.45) is -1.31. The predicted molar refractivity (Wildman–Crippen MR) is 173 cm³/mol. The number of nitrogens with zero attached hydrogens (tertiary/aromatic N) is 1. The SMILES string of the molecule is CC(C)(C)[SiH2]OC(c1ccccc1)(c1ccccc1)C1OC(CC(O)CO)CCC12CN(c1ccc3c(c1)OCCO3)C(=O)O2. The maximum absolute atomic E-state index is 13.9. The van der Waals surface area contributed by atoms with Crippen LogP contribution < -0.4 is 14.4 Å². The van der Waals surface area contributed by atoms with Crippen molar-refractivity contribution in [2.45, 2.75) is 74.6 Å². The van der Waals surface area contributed by atoms with Gasteiger partial charge in [-0.1, -0.05) is 81.4 Å². The third kappa shape index (κ3) is 6.35. The first-order chi connectivity index (χ1) is 21.6. The van der Waals surface area contributed by atoms with E-state index in [0.29, 0.717) is 43.2 Å². The Hall–Kier alpha value is -3.41. The van der Waals surface area contributed by atoms with E-state index in [1.165, 1.54) is 0 Å². The van der Waals surface area contributed by atoms with Gasteiger partial charge >= 0.3 is 6.09 Å². The van der Waals surface area contributed by atoms with Gasteiger partial charge in [0, 0.05) is 12.5 Å². The van der Waals surface area contributed by atoms with Crippen molar-refractivity contribution in [3.05, 3.63) is 90.0 Å². The molecular weight excluding hydrogens is 590 g/mol. The zero-order valence-corrected chi connectivity index (χ0v) is 27.6. The second-order valence-corrected chi connectivity index (χ2v) is 16.1. The Labute approximate surface area is 267 Å². The van der Waals surface area contributed by atoms with E-state index in [9.17, 15) is 15.0 Å². The van der Waals surface area contributed by atoms with Crippen LogP contribution >= 0.6 is 0 Å². The van der Waals surface area contributed by atoms with Gasteiger partial charge in [0.05, 0.1) is 31.0 Å². The van der Waals surface area contributed by atoms with Crippen LogP contribution in [0.2, 0.25) is 5.04 Å². The Balaban J connectivity index is 1.49. The molecule has 3 aliphatic rings. The summed E-state index contributed by atoms with van der Waals surface area (Å²) in [5, 5.41) is 20.1. The number of carbonyl (C=O) groups excluding carboxylic acids is 1. The molecule has 4 unspecified atom stereocenters. The van der Waals surface area contributed by atoms with Gasteiger partial charge in [0.15, 0.2) is 26.9 Å². The van der Waals surface area contributed by atoms with E-state index in [2.05, 4.69) is 20.8 Å². The number of hydrogen-bond donors (Lipinski definition) is 2. The lowest BCUT2D eigenvalue weighted by Crippen LogP contribution is -2.63. The Bertz CT molecular complexity index is 1430. The lowest BCUT2D eigenvalue weighted by molar-refractivity contribution is -0.220. The highest BCUT2D eigenvalue weighted by molar-refractivity contribution is 6.32. The molecule has 45 heavy (non-hydrogen) atoms. The monoisotopic (exact) mass is 633 g/mol. The molecule has 2 saturated heterocycles. The third-order valence-corrected chi connectivity index (χ3v) is 10.2. The van der Waals surface area contributed by atoms with E-state index < -0.39 is 45.4 Å². The molecule has 6 rings (SSSR count). The van der Waals surface area contributed by atoms with E-state index in [-0.39, 0.29) is 24.6 Å². The van der Waals surface area contributed by atoms with E-state index in [4.69, 9.17) is 23.4 Å². The molecule has 0 aromatic heterocycles. The van der Waals surface area contributed by atoms with Gasteiger partial charge in [0.1, 0.15) is 24.9 Å². The van der Waals surface area contributed by atoms with Crippen LogP contribution in [0, 0.1) is 0 Å². The summed E-state index contributed by atoms with van der Waals surface area (Å²) in [6, 6.07) is 25.5. The van der Waals surface area contributed by atoms with Gasteiger partial charge in [-0.05, 0) is 41.1 Å². The largest absolute Gasteiger partial charge is 0.486 e. The van der Waals surface area contributed by atoms with Crippen LogP contribution in [0.1, 0.15) is 51.2 Å². The van der Waals surface area contributed by atoms with Gasteiger partial charge in [0.2, 0.25) is 0 Å². The van der Waals surface area contributed by atoms with Gasteiger partial charge in [-0.15, -0.1) is 0 Å². The summed E-state index contributed by atoms with van der Waals surface area (Å²) >= 11 is 0. The summed E-state index contributed by atoms with van der Waals surface area (Å²) in [7, 11) is -1.21. The van der Waals surface area contributed by atoms with Crippen LogP contribution in [0.5, 0.6) is 11.5 Å². The number of aliphatic hydroxyl groups is 2. The Kier molecular flexibility index (Phi) is 8.95. The van der Waals surface area contributed by atoms with Crippen molar-refractivity contribution in [1.82, 2.24) is 0 Å². The number of aliphatic hydroxyl groups excluding tert-OH is 2. The quantitative estimate of drug-likeness (QED) is 0.327. The smallest absolute Gasteiger partial charge is 0.415 e. The number of fused-ring (bicyclic) bond motifs is 1. The van der Waals surface area contributed by atoms with Crippen molar-refractivity contribution in [3.8, 4) is 11.5 Å². The van der Waals surface area contributed by atoms with Gasteiger partial charge in [0.25, 0.3) is 0 Å². The molecule has 3 aromatic rings. The number of carbonyl (C=O) groups is 1. The van der Waals surface area contributed by atoms with Crippen LogP contribution in [-0.2, 0) is 19.5 Å². The molecule has 1 spiro atoms. The third-order valence-electron chi connectivity index (χ3n) is 8.72. The van der Waals surface area contributed by atoms with Crippen LogP contribution in [-0.4, -0.2) is 76.3 Å². The lowest BCUT2D eigenvalue weighted by atomic mass is 9.71. The highest BCUT2D eigenvalue weighted by Gasteiger charge is 2.63. The fourth-order valence-corrected chi connectivity index (χ4v) is 7.75. The van der Waals surface area contributed by atoms with Gasteiger partial charge in [-0.25, -0.2) is 4.79 Å². The fourth-order valence-electron chi connectivity index (χ4n) is 6.61. The molecule has 9 nitrogen and oxygen atoms in total. The molecule has 0 saturated carbocycles. The van der Waals surface area contributed by atoms with Crippen LogP contribution in [0.15, 0.2) is 78.9 Å². The summed E-state index contributed by atoms with van der Waals surface area (Å²) < 4.78 is 32.3. The number of rotatable bonds is 9. The Morgan fingerprint density at radius 3 is 2.24 bits per heavy atom.